The summed E-state index contributed by atoms with van der Waals surface area (Å²) in [7, 11) is 2.21. The summed E-state index contributed by atoms with van der Waals surface area (Å²) in [6.45, 7) is 12.0. The maximum absolute atomic E-state index is 2.64. The Bertz CT molecular complexity index is 146. The Morgan fingerprint density at radius 1 is 1.08 bits per heavy atom. The molecule has 78 valence electrons. The van der Waals surface area contributed by atoms with Gasteiger partial charge in [0, 0.05) is 31.7 Å². The largest absolute Gasteiger partial charge is 0.304 e. The highest BCUT2D eigenvalue weighted by Gasteiger charge is 2.27. The van der Waals surface area contributed by atoms with Gasteiger partial charge in [-0.25, -0.2) is 0 Å². The first-order valence-corrected chi connectivity index (χ1v) is 5.50. The van der Waals surface area contributed by atoms with Crippen LogP contribution in [0.3, 0.4) is 0 Å². The molecule has 0 aliphatic carbocycles. The molecule has 13 heavy (non-hydrogen) atoms. The zero-order valence-corrected chi connectivity index (χ0v) is 9.64. The number of likely N-dealkylation sites (N-methyl/N-ethyl adjacent to an activating group) is 1. The Balaban J connectivity index is 2.42. The highest BCUT2D eigenvalue weighted by molar-refractivity contribution is 4.84. The monoisotopic (exact) mass is 184 g/mol. The fraction of sp³-hybridized carbons (Fsp3) is 1.00. The van der Waals surface area contributed by atoms with E-state index in [9.17, 15) is 0 Å². The van der Waals surface area contributed by atoms with Crippen molar-refractivity contribution < 1.29 is 0 Å². The van der Waals surface area contributed by atoms with Crippen LogP contribution in [0, 0.1) is 0 Å². The first-order chi connectivity index (χ1) is 6.06. The van der Waals surface area contributed by atoms with Gasteiger partial charge in [0.05, 0.1) is 0 Å². The second-order valence-electron chi connectivity index (χ2n) is 4.85. The van der Waals surface area contributed by atoms with Crippen molar-refractivity contribution in [1.29, 1.82) is 0 Å². The summed E-state index contributed by atoms with van der Waals surface area (Å²) in [6, 6.07) is 0. The van der Waals surface area contributed by atoms with Crippen LogP contribution in [0.1, 0.15) is 33.6 Å². The molecule has 0 unspecified atom stereocenters. The van der Waals surface area contributed by atoms with Crippen molar-refractivity contribution in [2.45, 2.75) is 39.2 Å². The maximum atomic E-state index is 2.64. The summed E-state index contributed by atoms with van der Waals surface area (Å²) in [6.07, 6.45) is 2.61. The second kappa shape index (κ2) is 4.43. The molecule has 0 spiro atoms. The molecular weight excluding hydrogens is 160 g/mol. The highest BCUT2D eigenvalue weighted by atomic mass is 15.3. The van der Waals surface area contributed by atoms with Gasteiger partial charge in [-0.15, -0.1) is 0 Å². The minimum absolute atomic E-state index is 0.413. The van der Waals surface area contributed by atoms with Crippen LogP contribution in [-0.2, 0) is 0 Å². The lowest BCUT2D eigenvalue weighted by atomic mass is 9.95. The van der Waals surface area contributed by atoms with E-state index in [0.29, 0.717) is 5.54 Å². The summed E-state index contributed by atoms with van der Waals surface area (Å²) in [5, 5.41) is 0. The van der Waals surface area contributed by atoms with Gasteiger partial charge < -0.3 is 4.90 Å². The van der Waals surface area contributed by atoms with Gasteiger partial charge in [0.2, 0.25) is 0 Å². The van der Waals surface area contributed by atoms with E-state index in [1.165, 1.54) is 39.0 Å². The van der Waals surface area contributed by atoms with Crippen LogP contribution in [0.5, 0.6) is 0 Å². The molecule has 0 radical (unpaired) electrons. The van der Waals surface area contributed by atoms with Crippen LogP contribution in [0.4, 0.5) is 0 Å². The number of rotatable bonds is 3. The first kappa shape index (κ1) is 11.0. The smallest absolute Gasteiger partial charge is 0.0154 e. The van der Waals surface area contributed by atoms with E-state index in [0.717, 1.165) is 0 Å². The van der Waals surface area contributed by atoms with Crippen LogP contribution in [0.25, 0.3) is 0 Å². The fourth-order valence-electron chi connectivity index (χ4n) is 2.18. The van der Waals surface area contributed by atoms with Crippen molar-refractivity contribution in [3.8, 4) is 0 Å². The van der Waals surface area contributed by atoms with Crippen molar-refractivity contribution in [2.24, 2.45) is 0 Å². The first-order valence-electron chi connectivity index (χ1n) is 5.50. The lowest BCUT2D eigenvalue weighted by Crippen LogP contribution is -2.53. The minimum atomic E-state index is 0.413. The molecule has 0 aromatic rings. The lowest BCUT2D eigenvalue weighted by molar-refractivity contribution is 0.0563. The van der Waals surface area contributed by atoms with Gasteiger partial charge in [-0.3, -0.25) is 4.90 Å². The van der Waals surface area contributed by atoms with E-state index in [4.69, 9.17) is 0 Å². The SMILES string of the molecule is CCCC(C)(C)N1CCN(C)CC1. The molecule has 2 nitrogen and oxygen atoms in total. The third-order valence-corrected chi connectivity index (χ3v) is 3.22. The standard InChI is InChI=1S/C11H24N2/c1-5-6-11(2,3)13-9-7-12(4)8-10-13/h5-10H2,1-4H3. The molecule has 0 bridgehead atoms. The minimum Gasteiger partial charge on any atom is -0.304 e. The molecule has 2 heteroatoms. The molecule has 1 aliphatic heterocycles. The second-order valence-corrected chi connectivity index (χ2v) is 4.85. The van der Waals surface area contributed by atoms with Crippen molar-refractivity contribution in [2.75, 3.05) is 33.2 Å². The normalized spacial score (nSPS) is 22.2. The maximum Gasteiger partial charge on any atom is 0.0154 e. The molecule has 0 aromatic heterocycles. The Labute approximate surface area is 82.9 Å². The van der Waals surface area contributed by atoms with Gasteiger partial charge in [-0.2, -0.15) is 0 Å². The van der Waals surface area contributed by atoms with E-state index in [-0.39, 0.29) is 0 Å². The molecule has 0 atom stereocenters. The molecule has 1 rings (SSSR count). The quantitative estimate of drug-likeness (QED) is 0.660. The third kappa shape index (κ3) is 2.96. The predicted molar refractivity (Wildman–Crippen MR) is 58.1 cm³/mol. The Morgan fingerprint density at radius 3 is 2.08 bits per heavy atom. The fourth-order valence-corrected chi connectivity index (χ4v) is 2.18. The summed E-state index contributed by atoms with van der Waals surface area (Å²) in [5.74, 6) is 0. The van der Waals surface area contributed by atoms with E-state index in [1.54, 1.807) is 0 Å². The molecule has 0 amide bonds. The van der Waals surface area contributed by atoms with Gasteiger partial charge in [0.25, 0.3) is 0 Å². The zero-order valence-electron chi connectivity index (χ0n) is 9.64. The third-order valence-electron chi connectivity index (χ3n) is 3.22. The van der Waals surface area contributed by atoms with Gasteiger partial charge in [0.1, 0.15) is 0 Å². The van der Waals surface area contributed by atoms with E-state index < -0.39 is 0 Å². The molecule has 0 saturated carbocycles. The number of piperazine rings is 1. The summed E-state index contributed by atoms with van der Waals surface area (Å²) < 4.78 is 0. The Kier molecular flexibility index (Phi) is 3.74. The van der Waals surface area contributed by atoms with Gasteiger partial charge in [-0.1, -0.05) is 13.3 Å². The van der Waals surface area contributed by atoms with Crippen molar-refractivity contribution in [1.82, 2.24) is 9.80 Å². The molecular formula is C11H24N2. The van der Waals surface area contributed by atoms with E-state index in [2.05, 4.69) is 37.6 Å². The van der Waals surface area contributed by atoms with Crippen molar-refractivity contribution in [3.63, 3.8) is 0 Å². The van der Waals surface area contributed by atoms with Crippen LogP contribution in [0.15, 0.2) is 0 Å². The molecule has 1 heterocycles. The van der Waals surface area contributed by atoms with Crippen molar-refractivity contribution >= 4 is 0 Å². The van der Waals surface area contributed by atoms with Crippen LogP contribution < -0.4 is 0 Å². The highest BCUT2D eigenvalue weighted by Crippen LogP contribution is 2.21. The Morgan fingerprint density at radius 2 is 1.62 bits per heavy atom. The van der Waals surface area contributed by atoms with Crippen LogP contribution in [-0.4, -0.2) is 48.6 Å². The van der Waals surface area contributed by atoms with Gasteiger partial charge >= 0.3 is 0 Å². The number of hydrogen-bond acceptors (Lipinski definition) is 2. The predicted octanol–water partition coefficient (Wildman–Crippen LogP) is 1.81. The summed E-state index contributed by atoms with van der Waals surface area (Å²) >= 11 is 0. The zero-order chi connectivity index (χ0) is 9.90. The van der Waals surface area contributed by atoms with Crippen molar-refractivity contribution in [3.05, 3.63) is 0 Å². The molecule has 1 aliphatic rings. The topological polar surface area (TPSA) is 6.48 Å². The summed E-state index contributed by atoms with van der Waals surface area (Å²) in [5.41, 5.74) is 0.413. The average Bonchev–Trinajstić information content (AvgIpc) is 2.05. The summed E-state index contributed by atoms with van der Waals surface area (Å²) in [4.78, 5) is 5.05. The Hall–Kier alpha value is -0.0800. The molecule has 0 N–H and O–H groups in total. The van der Waals surface area contributed by atoms with Gasteiger partial charge in [0.15, 0.2) is 0 Å². The van der Waals surface area contributed by atoms with Crippen LogP contribution in [0.2, 0.25) is 0 Å². The number of nitrogens with zero attached hydrogens (tertiary/aromatic N) is 2. The molecule has 0 aromatic carbocycles. The van der Waals surface area contributed by atoms with Gasteiger partial charge in [-0.05, 0) is 27.3 Å². The van der Waals surface area contributed by atoms with E-state index >= 15 is 0 Å². The number of hydrogen-bond donors (Lipinski definition) is 0. The lowest BCUT2D eigenvalue weighted by Gasteiger charge is -2.43. The average molecular weight is 184 g/mol. The van der Waals surface area contributed by atoms with E-state index in [1.807, 2.05) is 0 Å². The van der Waals surface area contributed by atoms with Crippen LogP contribution >= 0.6 is 0 Å². The molecule has 1 saturated heterocycles. The molecule has 1 fully saturated rings.